The maximum atomic E-state index is 11.4. The lowest BCUT2D eigenvalue weighted by molar-refractivity contribution is -0.124. The van der Waals surface area contributed by atoms with Crippen molar-refractivity contribution >= 4 is 5.91 Å². The summed E-state index contributed by atoms with van der Waals surface area (Å²) in [4.78, 5) is 11.4. The number of carbonyl (C=O) groups is 1. The predicted octanol–water partition coefficient (Wildman–Crippen LogP) is 0.407. The van der Waals surface area contributed by atoms with Gasteiger partial charge in [-0.05, 0) is 19.8 Å². The number of hydrogen-bond donors (Lipinski definition) is 2. The minimum absolute atomic E-state index is 0.0843. The standard InChI is InChI=1S/C10H20N2O2/c1-7(11)10(13)12-8-5-3-4-6-9(8)14-2/h7-9H,3-6,11H2,1-2H3,(H,12,13)/t7-,8?,9?/m0/s1. The molecule has 0 aromatic carbocycles. The van der Waals surface area contributed by atoms with Crippen LogP contribution in [0.3, 0.4) is 0 Å². The molecule has 0 aromatic heterocycles. The normalized spacial score (nSPS) is 29.6. The quantitative estimate of drug-likeness (QED) is 0.693. The minimum atomic E-state index is -0.436. The fraction of sp³-hybridized carbons (Fsp3) is 0.900. The summed E-state index contributed by atoms with van der Waals surface area (Å²) in [6, 6.07) is -0.290. The van der Waals surface area contributed by atoms with Crippen LogP contribution in [0.15, 0.2) is 0 Å². The third-order valence-corrected chi connectivity index (χ3v) is 2.75. The molecule has 1 rings (SSSR count). The summed E-state index contributed by atoms with van der Waals surface area (Å²) in [5, 5.41) is 2.93. The van der Waals surface area contributed by atoms with Gasteiger partial charge in [-0.1, -0.05) is 12.8 Å². The van der Waals surface area contributed by atoms with Gasteiger partial charge in [-0.2, -0.15) is 0 Å². The van der Waals surface area contributed by atoms with Gasteiger partial charge >= 0.3 is 0 Å². The average Bonchev–Trinajstić information content (AvgIpc) is 2.18. The Hall–Kier alpha value is -0.610. The molecule has 0 heterocycles. The smallest absolute Gasteiger partial charge is 0.236 e. The van der Waals surface area contributed by atoms with Crippen LogP contribution in [0.2, 0.25) is 0 Å². The van der Waals surface area contributed by atoms with Gasteiger partial charge in [0.2, 0.25) is 5.91 Å². The molecule has 2 unspecified atom stereocenters. The Morgan fingerprint density at radius 2 is 2.14 bits per heavy atom. The zero-order valence-corrected chi connectivity index (χ0v) is 8.95. The van der Waals surface area contributed by atoms with Crippen molar-refractivity contribution in [1.29, 1.82) is 0 Å². The third kappa shape index (κ3) is 2.96. The summed E-state index contributed by atoms with van der Waals surface area (Å²) in [6.45, 7) is 1.69. The van der Waals surface area contributed by atoms with E-state index in [4.69, 9.17) is 10.5 Å². The van der Waals surface area contributed by atoms with Gasteiger partial charge in [0.05, 0.1) is 18.2 Å². The topological polar surface area (TPSA) is 64.3 Å². The lowest BCUT2D eigenvalue weighted by atomic mass is 9.92. The van der Waals surface area contributed by atoms with Crippen LogP contribution in [-0.2, 0) is 9.53 Å². The van der Waals surface area contributed by atoms with Crippen molar-refractivity contribution in [2.45, 2.75) is 50.8 Å². The summed E-state index contributed by atoms with van der Waals surface area (Å²) in [7, 11) is 1.70. The average molecular weight is 200 g/mol. The summed E-state index contributed by atoms with van der Waals surface area (Å²) in [6.07, 6.45) is 4.52. The molecular weight excluding hydrogens is 180 g/mol. The summed E-state index contributed by atoms with van der Waals surface area (Å²) < 4.78 is 5.33. The van der Waals surface area contributed by atoms with Crippen LogP contribution >= 0.6 is 0 Å². The molecule has 0 spiro atoms. The van der Waals surface area contributed by atoms with Gasteiger partial charge in [-0.15, -0.1) is 0 Å². The largest absolute Gasteiger partial charge is 0.379 e. The van der Waals surface area contributed by atoms with Gasteiger partial charge in [0, 0.05) is 7.11 Å². The lowest BCUT2D eigenvalue weighted by Gasteiger charge is -2.31. The van der Waals surface area contributed by atoms with Crippen molar-refractivity contribution in [3.05, 3.63) is 0 Å². The SMILES string of the molecule is COC1CCCCC1NC(=O)[C@H](C)N. The maximum absolute atomic E-state index is 11.4. The van der Waals surface area contributed by atoms with E-state index in [1.807, 2.05) is 0 Å². The van der Waals surface area contributed by atoms with E-state index in [-0.39, 0.29) is 18.1 Å². The van der Waals surface area contributed by atoms with E-state index in [1.54, 1.807) is 14.0 Å². The Bertz CT molecular complexity index is 195. The summed E-state index contributed by atoms with van der Waals surface area (Å²) in [5.74, 6) is -0.0843. The minimum Gasteiger partial charge on any atom is -0.379 e. The number of carbonyl (C=O) groups excluding carboxylic acids is 1. The van der Waals surface area contributed by atoms with Crippen LogP contribution in [0.4, 0.5) is 0 Å². The molecular formula is C10H20N2O2. The van der Waals surface area contributed by atoms with E-state index < -0.39 is 6.04 Å². The van der Waals surface area contributed by atoms with E-state index in [9.17, 15) is 4.79 Å². The van der Waals surface area contributed by atoms with Crippen LogP contribution in [-0.4, -0.2) is 31.2 Å². The molecule has 4 nitrogen and oxygen atoms in total. The molecule has 1 aliphatic carbocycles. The van der Waals surface area contributed by atoms with E-state index in [1.165, 1.54) is 6.42 Å². The zero-order valence-electron chi connectivity index (χ0n) is 8.95. The molecule has 3 atom stereocenters. The number of hydrogen-bond acceptors (Lipinski definition) is 3. The first kappa shape index (κ1) is 11.5. The first-order chi connectivity index (χ1) is 6.65. The van der Waals surface area contributed by atoms with Gasteiger partial charge in [-0.3, -0.25) is 4.79 Å². The van der Waals surface area contributed by atoms with Gasteiger partial charge in [-0.25, -0.2) is 0 Å². The number of ether oxygens (including phenoxy) is 1. The number of rotatable bonds is 3. The molecule has 0 saturated heterocycles. The van der Waals surface area contributed by atoms with E-state index >= 15 is 0 Å². The van der Waals surface area contributed by atoms with E-state index in [0.29, 0.717) is 0 Å². The fourth-order valence-corrected chi connectivity index (χ4v) is 1.86. The fourth-order valence-electron chi connectivity index (χ4n) is 1.86. The van der Waals surface area contributed by atoms with Crippen molar-refractivity contribution < 1.29 is 9.53 Å². The Balaban J connectivity index is 2.44. The number of nitrogens with one attached hydrogen (secondary N) is 1. The van der Waals surface area contributed by atoms with Gasteiger partial charge in [0.15, 0.2) is 0 Å². The lowest BCUT2D eigenvalue weighted by Crippen LogP contribution is -2.50. The van der Waals surface area contributed by atoms with E-state index in [0.717, 1.165) is 19.3 Å². The van der Waals surface area contributed by atoms with E-state index in [2.05, 4.69) is 5.32 Å². The second kappa shape index (κ2) is 5.32. The summed E-state index contributed by atoms with van der Waals surface area (Å²) in [5.41, 5.74) is 5.49. The Morgan fingerprint density at radius 1 is 1.50 bits per heavy atom. The molecule has 0 aromatic rings. The maximum Gasteiger partial charge on any atom is 0.236 e. The Labute approximate surface area is 85.2 Å². The van der Waals surface area contributed by atoms with Crippen LogP contribution in [0, 0.1) is 0 Å². The third-order valence-electron chi connectivity index (χ3n) is 2.75. The van der Waals surface area contributed by atoms with Gasteiger partial charge < -0.3 is 15.8 Å². The van der Waals surface area contributed by atoms with Crippen LogP contribution < -0.4 is 11.1 Å². The molecule has 1 fully saturated rings. The first-order valence-electron chi connectivity index (χ1n) is 5.24. The van der Waals surface area contributed by atoms with Crippen molar-refractivity contribution in [2.75, 3.05) is 7.11 Å². The second-order valence-corrected chi connectivity index (χ2v) is 3.96. The molecule has 82 valence electrons. The highest BCUT2D eigenvalue weighted by atomic mass is 16.5. The summed E-state index contributed by atoms with van der Waals surface area (Å²) >= 11 is 0. The molecule has 1 amide bonds. The van der Waals surface area contributed by atoms with Crippen LogP contribution in [0.25, 0.3) is 0 Å². The molecule has 0 aliphatic heterocycles. The van der Waals surface area contributed by atoms with Gasteiger partial charge in [0.1, 0.15) is 0 Å². The molecule has 14 heavy (non-hydrogen) atoms. The molecule has 4 heteroatoms. The van der Waals surface area contributed by atoms with Crippen molar-refractivity contribution in [2.24, 2.45) is 5.73 Å². The molecule has 0 radical (unpaired) electrons. The Kier molecular flexibility index (Phi) is 4.35. The Morgan fingerprint density at radius 3 is 2.71 bits per heavy atom. The highest BCUT2D eigenvalue weighted by Gasteiger charge is 2.26. The van der Waals surface area contributed by atoms with Crippen molar-refractivity contribution in [3.8, 4) is 0 Å². The number of methoxy groups -OCH3 is 1. The zero-order chi connectivity index (χ0) is 10.6. The predicted molar refractivity (Wildman–Crippen MR) is 54.8 cm³/mol. The highest BCUT2D eigenvalue weighted by molar-refractivity contribution is 5.81. The van der Waals surface area contributed by atoms with Crippen LogP contribution in [0.1, 0.15) is 32.6 Å². The number of amides is 1. The second-order valence-electron chi connectivity index (χ2n) is 3.96. The number of nitrogens with two attached hydrogens (primary N) is 1. The first-order valence-corrected chi connectivity index (χ1v) is 5.24. The molecule has 1 saturated carbocycles. The molecule has 1 aliphatic rings. The monoisotopic (exact) mass is 200 g/mol. The van der Waals surface area contributed by atoms with Crippen LogP contribution in [0.5, 0.6) is 0 Å². The highest BCUT2D eigenvalue weighted by Crippen LogP contribution is 2.20. The molecule has 0 bridgehead atoms. The molecule has 3 N–H and O–H groups in total. The van der Waals surface area contributed by atoms with Gasteiger partial charge in [0.25, 0.3) is 0 Å². The van der Waals surface area contributed by atoms with Crippen molar-refractivity contribution in [1.82, 2.24) is 5.32 Å². The van der Waals surface area contributed by atoms with Crippen molar-refractivity contribution in [3.63, 3.8) is 0 Å².